The fraction of sp³-hybridized carbons (Fsp3) is 0.421. The summed E-state index contributed by atoms with van der Waals surface area (Å²) in [6, 6.07) is 11.9. The van der Waals surface area contributed by atoms with Crippen molar-refractivity contribution in [3.05, 3.63) is 46.8 Å². The topological polar surface area (TPSA) is 60.9 Å². The number of sulfonamides is 1. The Labute approximate surface area is 164 Å². The number of fused-ring (bicyclic) bond motifs is 1. The number of para-hydroxylation sites is 1. The van der Waals surface area contributed by atoms with Crippen molar-refractivity contribution in [2.75, 3.05) is 37.6 Å². The van der Waals surface area contributed by atoms with E-state index in [0.29, 0.717) is 43.5 Å². The van der Waals surface area contributed by atoms with Gasteiger partial charge >= 0.3 is 0 Å². The molecule has 144 valence electrons. The van der Waals surface area contributed by atoms with Gasteiger partial charge in [-0.05, 0) is 30.2 Å². The van der Waals surface area contributed by atoms with Gasteiger partial charge in [0.25, 0.3) is 10.0 Å². The van der Waals surface area contributed by atoms with Crippen LogP contribution in [0.25, 0.3) is 0 Å². The molecule has 1 aromatic carbocycles. The number of piperazine rings is 1. The molecular formula is C19H23N3O3S2. The van der Waals surface area contributed by atoms with Gasteiger partial charge in [-0.1, -0.05) is 18.2 Å². The molecule has 0 unspecified atom stereocenters. The second-order valence-electron chi connectivity index (χ2n) is 6.93. The van der Waals surface area contributed by atoms with Gasteiger partial charge in [0.15, 0.2) is 0 Å². The lowest BCUT2D eigenvalue weighted by Crippen LogP contribution is -2.48. The maximum absolute atomic E-state index is 13.1. The van der Waals surface area contributed by atoms with Crippen LogP contribution in [0, 0.1) is 0 Å². The molecule has 0 bridgehead atoms. The van der Waals surface area contributed by atoms with E-state index in [4.69, 9.17) is 0 Å². The number of amides is 1. The summed E-state index contributed by atoms with van der Waals surface area (Å²) in [5, 5.41) is 0. The molecule has 6 nitrogen and oxygen atoms in total. The first kappa shape index (κ1) is 18.5. The number of hydrogen-bond donors (Lipinski definition) is 0. The van der Waals surface area contributed by atoms with Crippen molar-refractivity contribution in [2.45, 2.75) is 24.1 Å². The highest BCUT2D eigenvalue weighted by atomic mass is 32.2. The molecular weight excluding hydrogens is 382 g/mol. The lowest BCUT2D eigenvalue weighted by Gasteiger charge is -2.35. The zero-order valence-electron chi connectivity index (χ0n) is 15.3. The molecule has 1 fully saturated rings. The maximum Gasteiger partial charge on any atom is 0.252 e. The van der Waals surface area contributed by atoms with Crippen molar-refractivity contribution in [1.82, 2.24) is 9.21 Å². The van der Waals surface area contributed by atoms with E-state index in [1.165, 1.54) is 11.3 Å². The van der Waals surface area contributed by atoms with Crippen molar-refractivity contribution in [2.24, 2.45) is 0 Å². The van der Waals surface area contributed by atoms with Crippen molar-refractivity contribution >= 4 is 33.0 Å². The first-order valence-electron chi connectivity index (χ1n) is 9.12. The van der Waals surface area contributed by atoms with Crippen LogP contribution in [0.1, 0.15) is 17.4 Å². The second-order valence-corrected chi connectivity index (χ2v) is 10.2. The first-order valence-corrected chi connectivity index (χ1v) is 11.4. The van der Waals surface area contributed by atoms with E-state index in [2.05, 4.69) is 17.0 Å². The second kappa shape index (κ2) is 7.26. The van der Waals surface area contributed by atoms with Crippen LogP contribution in [0.2, 0.25) is 0 Å². The molecule has 3 heterocycles. The summed E-state index contributed by atoms with van der Waals surface area (Å²) in [6.45, 7) is 5.08. The molecule has 2 aliphatic rings. The average molecular weight is 406 g/mol. The van der Waals surface area contributed by atoms with Gasteiger partial charge in [-0.15, -0.1) is 11.3 Å². The zero-order chi connectivity index (χ0) is 19.0. The molecule has 2 aromatic rings. The Bertz CT molecular complexity index is 932. The maximum atomic E-state index is 13.1. The van der Waals surface area contributed by atoms with Crippen LogP contribution in [-0.4, -0.2) is 56.3 Å². The normalized spacial score (nSPS) is 18.4. The third kappa shape index (κ3) is 3.61. The van der Waals surface area contributed by atoms with Gasteiger partial charge < -0.3 is 9.80 Å². The molecule has 0 spiro atoms. The molecule has 27 heavy (non-hydrogen) atoms. The predicted octanol–water partition coefficient (Wildman–Crippen LogP) is 2.16. The summed E-state index contributed by atoms with van der Waals surface area (Å²) in [6.07, 6.45) is 0.733. The van der Waals surface area contributed by atoms with E-state index in [-0.39, 0.29) is 5.91 Å². The third-order valence-electron chi connectivity index (χ3n) is 5.24. The molecule has 0 aliphatic carbocycles. The summed E-state index contributed by atoms with van der Waals surface area (Å²) in [4.78, 5) is 16.7. The van der Waals surface area contributed by atoms with E-state index >= 15 is 0 Å². The Morgan fingerprint density at radius 3 is 2.41 bits per heavy atom. The van der Waals surface area contributed by atoms with Crippen LogP contribution in [0.5, 0.6) is 0 Å². The lowest BCUT2D eigenvalue weighted by molar-refractivity contribution is -0.129. The fourth-order valence-corrected chi connectivity index (χ4v) is 6.78. The minimum absolute atomic E-state index is 0.0355. The number of carbonyl (C=O) groups is 1. The minimum atomic E-state index is -3.48. The summed E-state index contributed by atoms with van der Waals surface area (Å²) in [7, 11) is -3.48. The molecule has 1 amide bonds. The monoisotopic (exact) mass is 405 g/mol. The summed E-state index contributed by atoms with van der Waals surface area (Å²) < 4.78 is 28.2. The number of hydrogen-bond acceptors (Lipinski definition) is 5. The lowest BCUT2D eigenvalue weighted by atomic mass is 10.1. The minimum Gasteiger partial charge on any atom is -0.369 e. The molecule has 4 rings (SSSR count). The molecule has 0 N–H and O–H groups in total. The highest BCUT2D eigenvalue weighted by Crippen LogP contribution is 2.33. The summed E-state index contributed by atoms with van der Waals surface area (Å²) in [5.41, 5.74) is 2.11. The first-order chi connectivity index (χ1) is 12.9. The summed E-state index contributed by atoms with van der Waals surface area (Å²) >= 11 is 1.37. The van der Waals surface area contributed by atoms with Crippen LogP contribution >= 0.6 is 11.3 Å². The standard InChI is InChI=1S/C19H23N3O3S2/c1-15(23)21-8-7-18-16(14-21)13-19(26-18)27(24,25)22-11-9-20(10-12-22)17-5-3-2-4-6-17/h2-6,13H,7-12,14H2,1H3. The van der Waals surface area contributed by atoms with Gasteiger partial charge in [-0.25, -0.2) is 8.42 Å². The molecule has 8 heteroatoms. The van der Waals surface area contributed by atoms with E-state index in [1.807, 2.05) is 18.2 Å². The quantitative estimate of drug-likeness (QED) is 0.785. The Balaban J connectivity index is 1.48. The number of benzene rings is 1. The van der Waals surface area contributed by atoms with Gasteiger partial charge in [0.1, 0.15) is 4.21 Å². The number of carbonyl (C=O) groups excluding carboxylic acids is 1. The average Bonchev–Trinajstić information content (AvgIpc) is 3.13. The van der Waals surface area contributed by atoms with Gasteiger partial charge in [0, 0.05) is 56.8 Å². The van der Waals surface area contributed by atoms with E-state index in [1.54, 1.807) is 22.2 Å². The van der Waals surface area contributed by atoms with E-state index < -0.39 is 10.0 Å². The molecule has 0 radical (unpaired) electrons. The molecule has 1 aromatic heterocycles. The van der Waals surface area contributed by atoms with Crippen LogP contribution in [0.3, 0.4) is 0 Å². The Kier molecular flexibility index (Phi) is 4.96. The smallest absolute Gasteiger partial charge is 0.252 e. The largest absolute Gasteiger partial charge is 0.369 e. The number of thiophene rings is 1. The number of nitrogens with zero attached hydrogens (tertiary/aromatic N) is 3. The van der Waals surface area contributed by atoms with E-state index in [0.717, 1.165) is 22.5 Å². The number of anilines is 1. The zero-order valence-corrected chi connectivity index (χ0v) is 16.9. The molecule has 0 saturated carbocycles. The Morgan fingerprint density at radius 2 is 1.74 bits per heavy atom. The van der Waals surface area contributed by atoms with Crippen LogP contribution in [-0.2, 0) is 27.8 Å². The molecule has 0 atom stereocenters. The van der Waals surface area contributed by atoms with Gasteiger partial charge in [-0.3, -0.25) is 4.79 Å². The van der Waals surface area contributed by atoms with Crippen LogP contribution in [0.15, 0.2) is 40.6 Å². The van der Waals surface area contributed by atoms with Gasteiger partial charge in [0.2, 0.25) is 5.91 Å². The SMILES string of the molecule is CC(=O)N1CCc2sc(S(=O)(=O)N3CCN(c4ccccc4)CC3)cc2C1. The van der Waals surface area contributed by atoms with Crippen molar-refractivity contribution < 1.29 is 13.2 Å². The van der Waals surface area contributed by atoms with Crippen molar-refractivity contribution in [3.8, 4) is 0 Å². The Morgan fingerprint density at radius 1 is 1.04 bits per heavy atom. The number of rotatable bonds is 3. The third-order valence-corrected chi connectivity index (χ3v) is 8.83. The van der Waals surface area contributed by atoms with E-state index in [9.17, 15) is 13.2 Å². The molecule has 1 saturated heterocycles. The van der Waals surface area contributed by atoms with Gasteiger partial charge in [-0.2, -0.15) is 4.31 Å². The Hall–Kier alpha value is -1.90. The highest BCUT2D eigenvalue weighted by Gasteiger charge is 2.32. The van der Waals surface area contributed by atoms with Crippen molar-refractivity contribution in [1.29, 1.82) is 0 Å². The fourth-order valence-electron chi connectivity index (χ4n) is 3.65. The predicted molar refractivity (Wildman–Crippen MR) is 107 cm³/mol. The summed E-state index contributed by atoms with van der Waals surface area (Å²) in [5.74, 6) is 0.0355. The molecule has 2 aliphatic heterocycles. The highest BCUT2D eigenvalue weighted by molar-refractivity contribution is 7.91. The van der Waals surface area contributed by atoms with Crippen molar-refractivity contribution in [3.63, 3.8) is 0 Å². The van der Waals surface area contributed by atoms with Crippen LogP contribution in [0.4, 0.5) is 5.69 Å². The van der Waals surface area contributed by atoms with Gasteiger partial charge in [0.05, 0.1) is 0 Å². The van der Waals surface area contributed by atoms with Crippen LogP contribution < -0.4 is 4.90 Å².